The number of nitro groups is 1. The topological polar surface area (TPSA) is 64.4 Å². The number of non-ortho nitro benzene ring substituents is 1. The first-order valence-corrected chi connectivity index (χ1v) is 6.26. The van der Waals surface area contributed by atoms with Crippen molar-refractivity contribution in [1.29, 1.82) is 0 Å². The smallest absolute Gasteiger partial charge is 0.269 e. The van der Waals surface area contributed by atoms with Crippen molar-refractivity contribution in [3.63, 3.8) is 0 Å². The van der Waals surface area contributed by atoms with E-state index < -0.39 is 0 Å². The van der Waals surface area contributed by atoms with Crippen LogP contribution in [-0.2, 0) is 11.2 Å². The van der Waals surface area contributed by atoms with Gasteiger partial charge in [-0.15, -0.1) is 0 Å². The zero-order chi connectivity index (χ0) is 14.1. The van der Waals surface area contributed by atoms with E-state index in [-0.39, 0.29) is 10.6 Å². The van der Waals surface area contributed by atoms with E-state index in [4.69, 9.17) is 4.74 Å². The summed E-state index contributed by atoms with van der Waals surface area (Å²) >= 11 is 0. The molecule has 1 aromatic carbocycles. The molecule has 0 aliphatic rings. The maximum absolute atomic E-state index is 10.5. The second kappa shape index (κ2) is 8.39. The number of benzene rings is 1. The minimum atomic E-state index is -0.388. The molecule has 0 saturated heterocycles. The van der Waals surface area contributed by atoms with Gasteiger partial charge in [-0.2, -0.15) is 0 Å². The molecular weight excluding hydrogens is 244 g/mol. The fraction of sp³-hybridized carbons (Fsp3) is 0.429. The molecule has 0 aliphatic heterocycles. The van der Waals surface area contributed by atoms with Gasteiger partial charge in [0.2, 0.25) is 0 Å². The van der Waals surface area contributed by atoms with Crippen LogP contribution in [0.15, 0.2) is 36.4 Å². The molecule has 0 heterocycles. The fourth-order valence-corrected chi connectivity index (χ4v) is 1.53. The van der Waals surface area contributed by atoms with Gasteiger partial charge in [-0.25, -0.2) is 0 Å². The van der Waals surface area contributed by atoms with Crippen molar-refractivity contribution < 1.29 is 9.66 Å². The van der Waals surface area contributed by atoms with Crippen molar-refractivity contribution >= 4 is 5.69 Å². The number of rotatable bonds is 9. The minimum Gasteiger partial charge on any atom is -0.376 e. The highest BCUT2D eigenvalue weighted by Gasteiger charge is 2.03. The fourth-order valence-electron chi connectivity index (χ4n) is 1.53. The Kier molecular flexibility index (Phi) is 6.78. The lowest BCUT2D eigenvalue weighted by atomic mass is 10.1. The number of hydrogen-bond acceptors (Lipinski definition) is 4. The van der Waals surface area contributed by atoms with Crippen LogP contribution in [0.25, 0.3) is 0 Å². The van der Waals surface area contributed by atoms with E-state index in [0.29, 0.717) is 13.2 Å². The summed E-state index contributed by atoms with van der Waals surface area (Å²) in [5.41, 5.74) is 2.23. The summed E-state index contributed by atoms with van der Waals surface area (Å²) in [6, 6.07) is 6.64. The Morgan fingerprint density at radius 2 is 2.05 bits per heavy atom. The summed E-state index contributed by atoms with van der Waals surface area (Å²) in [5, 5.41) is 13.8. The van der Waals surface area contributed by atoms with Crippen molar-refractivity contribution in [2.45, 2.75) is 13.3 Å². The van der Waals surface area contributed by atoms with Gasteiger partial charge in [-0.1, -0.05) is 24.3 Å². The summed E-state index contributed by atoms with van der Waals surface area (Å²) in [6.45, 7) is 8.57. The first kappa shape index (κ1) is 15.3. The molecule has 0 amide bonds. The standard InChI is InChI=1S/C14H20N2O3/c1-12(2)11-19-10-9-15-8-7-13-3-5-14(6-4-13)16(17)18/h3-6,15H,1,7-11H2,2H3. The average Bonchev–Trinajstić information content (AvgIpc) is 2.38. The maximum atomic E-state index is 10.5. The number of nitrogens with one attached hydrogen (secondary N) is 1. The molecular formula is C14H20N2O3. The predicted octanol–water partition coefficient (Wildman–Crippen LogP) is 2.32. The molecule has 0 fully saturated rings. The third-order valence-electron chi connectivity index (χ3n) is 2.51. The first-order chi connectivity index (χ1) is 9.09. The molecule has 0 spiro atoms. The molecule has 0 aromatic heterocycles. The van der Waals surface area contributed by atoms with Crippen LogP contribution in [0.3, 0.4) is 0 Å². The third-order valence-corrected chi connectivity index (χ3v) is 2.51. The monoisotopic (exact) mass is 264 g/mol. The lowest BCUT2D eigenvalue weighted by molar-refractivity contribution is -0.384. The van der Waals surface area contributed by atoms with Crippen LogP contribution in [0.2, 0.25) is 0 Å². The normalized spacial score (nSPS) is 10.4. The Labute approximate surface area is 113 Å². The van der Waals surface area contributed by atoms with E-state index in [9.17, 15) is 10.1 Å². The molecule has 19 heavy (non-hydrogen) atoms. The Morgan fingerprint density at radius 3 is 2.63 bits per heavy atom. The zero-order valence-electron chi connectivity index (χ0n) is 11.2. The van der Waals surface area contributed by atoms with Gasteiger partial charge in [0.15, 0.2) is 0 Å². The molecule has 1 N–H and O–H groups in total. The highest BCUT2D eigenvalue weighted by atomic mass is 16.6. The van der Waals surface area contributed by atoms with Crippen LogP contribution in [0.1, 0.15) is 12.5 Å². The number of hydrogen-bond donors (Lipinski definition) is 1. The Balaban J connectivity index is 2.12. The molecule has 1 rings (SSSR count). The van der Waals surface area contributed by atoms with Gasteiger partial charge < -0.3 is 10.1 Å². The minimum absolute atomic E-state index is 0.130. The third kappa shape index (κ3) is 6.69. The van der Waals surface area contributed by atoms with E-state index >= 15 is 0 Å². The molecule has 0 saturated carbocycles. The maximum Gasteiger partial charge on any atom is 0.269 e. The van der Waals surface area contributed by atoms with Gasteiger partial charge >= 0.3 is 0 Å². The summed E-state index contributed by atoms with van der Waals surface area (Å²) < 4.78 is 5.35. The van der Waals surface area contributed by atoms with Crippen LogP contribution < -0.4 is 5.32 Å². The molecule has 5 heteroatoms. The highest BCUT2D eigenvalue weighted by Crippen LogP contribution is 2.11. The molecule has 0 radical (unpaired) electrons. The van der Waals surface area contributed by atoms with Gasteiger partial charge in [0.1, 0.15) is 0 Å². The van der Waals surface area contributed by atoms with Crippen LogP contribution >= 0.6 is 0 Å². The van der Waals surface area contributed by atoms with Crippen molar-refractivity contribution in [3.05, 3.63) is 52.1 Å². The second-order valence-corrected chi connectivity index (χ2v) is 4.43. The summed E-state index contributed by atoms with van der Waals surface area (Å²) in [6.07, 6.45) is 0.846. The molecule has 0 aliphatic carbocycles. The van der Waals surface area contributed by atoms with E-state index in [1.54, 1.807) is 12.1 Å². The predicted molar refractivity (Wildman–Crippen MR) is 75.3 cm³/mol. The van der Waals surface area contributed by atoms with Gasteiger partial charge in [0.05, 0.1) is 18.1 Å². The Hall–Kier alpha value is -1.72. The Morgan fingerprint density at radius 1 is 1.37 bits per heavy atom. The van der Waals surface area contributed by atoms with Crippen LogP contribution in [-0.4, -0.2) is 31.2 Å². The molecule has 0 unspecified atom stereocenters. The van der Waals surface area contributed by atoms with E-state index in [2.05, 4.69) is 11.9 Å². The van der Waals surface area contributed by atoms with Gasteiger partial charge in [0.25, 0.3) is 5.69 Å². The molecule has 104 valence electrons. The first-order valence-electron chi connectivity index (χ1n) is 6.26. The summed E-state index contributed by atoms with van der Waals surface area (Å²) in [5.74, 6) is 0. The second-order valence-electron chi connectivity index (χ2n) is 4.43. The van der Waals surface area contributed by atoms with Crippen molar-refractivity contribution in [3.8, 4) is 0 Å². The Bertz CT molecular complexity index is 415. The molecule has 0 atom stereocenters. The number of ether oxygens (including phenoxy) is 1. The van der Waals surface area contributed by atoms with Crippen LogP contribution in [0.4, 0.5) is 5.69 Å². The summed E-state index contributed by atoms with van der Waals surface area (Å²) in [4.78, 5) is 10.1. The number of nitro benzene ring substituents is 1. The van der Waals surface area contributed by atoms with Crippen molar-refractivity contribution in [2.75, 3.05) is 26.3 Å². The zero-order valence-corrected chi connectivity index (χ0v) is 11.2. The SMILES string of the molecule is C=C(C)COCCNCCc1ccc([N+](=O)[O-])cc1. The largest absolute Gasteiger partial charge is 0.376 e. The van der Waals surface area contributed by atoms with Crippen LogP contribution in [0.5, 0.6) is 0 Å². The molecule has 0 bridgehead atoms. The van der Waals surface area contributed by atoms with Gasteiger partial charge in [-0.3, -0.25) is 10.1 Å². The van der Waals surface area contributed by atoms with Crippen molar-refractivity contribution in [2.24, 2.45) is 0 Å². The number of nitrogens with zero attached hydrogens (tertiary/aromatic N) is 1. The van der Waals surface area contributed by atoms with Gasteiger partial charge in [-0.05, 0) is 25.5 Å². The lowest BCUT2D eigenvalue weighted by Gasteiger charge is -2.06. The average molecular weight is 264 g/mol. The van der Waals surface area contributed by atoms with E-state index in [1.807, 2.05) is 6.92 Å². The quantitative estimate of drug-likeness (QED) is 0.322. The van der Waals surface area contributed by atoms with Crippen molar-refractivity contribution in [1.82, 2.24) is 5.32 Å². The highest BCUT2D eigenvalue weighted by molar-refractivity contribution is 5.32. The van der Waals surface area contributed by atoms with Crippen LogP contribution in [0, 0.1) is 10.1 Å². The van der Waals surface area contributed by atoms with E-state index in [0.717, 1.165) is 30.6 Å². The lowest BCUT2D eigenvalue weighted by Crippen LogP contribution is -2.22. The van der Waals surface area contributed by atoms with Gasteiger partial charge in [0, 0.05) is 18.7 Å². The van der Waals surface area contributed by atoms with E-state index in [1.165, 1.54) is 12.1 Å². The summed E-state index contributed by atoms with van der Waals surface area (Å²) in [7, 11) is 0. The molecule has 5 nitrogen and oxygen atoms in total. The molecule has 1 aromatic rings.